The van der Waals surface area contributed by atoms with Crippen molar-refractivity contribution in [2.24, 2.45) is 4.99 Å². The molecule has 0 aromatic carbocycles. The molecule has 0 amide bonds. The first-order valence-electron chi connectivity index (χ1n) is 4.09. The van der Waals surface area contributed by atoms with Crippen LogP contribution in [0.25, 0.3) is 0 Å². The molecule has 0 fully saturated rings. The lowest BCUT2D eigenvalue weighted by Crippen LogP contribution is -2.29. The average Bonchev–Trinajstić information content (AvgIpc) is 2.44. The van der Waals surface area contributed by atoms with E-state index >= 15 is 0 Å². The number of methoxy groups -OCH3 is 1. The van der Waals surface area contributed by atoms with Crippen LogP contribution in [0.1, 0.15) is 6.92 Å². The smallest absolute Gasteiger partial charge is 0.194 e. The van der Waals surface area contributed by atoms with Crippen LogP contribution in [0.5, 0.6) is 0 Å². The molecular formula is C9H12N2O. The summed E-state index contributed by atoms with van der Waals surface area (Å²) in [4.78, 5) is 6.53. The van der Waals surface area contributed by atoms with Crippen LogP contribution in [-0.4, -0.2) is 30.4 Å². The van der Waals surface area contributed by atoms with Crippen LogP contribution in [0.2, 0.25) is 0 Å². The van der Waals surface area contributed by atoms with Crippen LogP contribution in [0.4, 0.5) is 0 Å². The number of hydrogen-bond acceptors (Lipinski definition) is 3. The molecule has 0 spiro atoms. The summed E-state index contributed by atoms with van der Waals surface area (Å²) in [6.07, 6.45) is 5.93. The van der Waals surface area contributed by atoms with E-state index in [0.29, 0.717) is 6.04 Å². The third-order valence-electron chi connectivity index (χ3n) is 2.04. The number of amidine groups is 1. The quantitative estimate of drug-likeness (QED) is 0.580. The predicted octanol–water partition coefficient (Wildman–Crippen LogP) is 1.15. The van der Waals surface area contributed by atoms with Gasteiger partial charge < -0.3 is 4.74 Å². The zero-order chi connectivity index (χ0) is 8.55. The van der Waals surface area contributed by atoms with E-state index in [4.69, 9.17) is 4.74 Å². The van der Waals surface area contributed by atoms with Crippen molar-refractivity contribution in [1.29, 1.82) is 0 Å². The van der Waals surface area contributed by atoms with E-state index in [2.05, 4.69) is 16.8 Å². The highest BCUT2D eigenvalue weighted by atomic mass is 16.5. The average molecular weight is 164 g/mol. The molecule has 0 aliphatic carbocycles. The van der Waals surface area contributed by atoms with Crippen molar-refractivity contribution in [3.05, 3.63) is 24.1 Å². The Bertz CT molecular complexity index is 278. The van der Waals surface area contributed by atoms with E-state index in [1.54, 1.807) is 7.11 Å². The summed E-state index contributed by atoms with van der Waals surface area (Å²) < 4.78 is 5.21. The van der Waals surface area contributed by atoms with Gasteiger partial charge in [-0.1, -0.05) is 6.08 Å². The summed E-state index contributed by atoms with van der Waals surface area (Å²) >= 11 is 0. The van der Waals surface area contributed by atoms with Gasteiger partial charge in [-0.05, 0) is 19.1 Å². The Morgan fingerprint density at radius 2 is 2.50 bits per heavy atom. The Labute approximate surface area is 72.0 Å². The zero-order valence-electron chi connectivity index (χ0n) is 7.32. The second-order valence-electron chi connectivity index (χ2n) is 3.02. The summed E-state index contributed by atoms with van der Waals surface area (Å²) in [7, 11) is 1.69. The van der Waals surface area contributed by atoms with Gasteiger partial charge in [0.05, 0.1) is 13.2 Å². The second kappa shape index (κ2) is 2.66. The molecule has 3 nitrogen and oxygen atoms in total. The molecule has 2 rings (SSSR count). The molecule has 2 heterocycles. The number of rotatable bonds is 1. The molecule has 0 aromatic heterocycles. The van der Waals surface area contributed by atoms with Crippen LogP contribution in [-0.2, 0) is 4.74 Å². The first-order valence-corrected chi connectivity index (χ1v) is 4.09. The molecule has 0 saturated carbocycles. The normalized spacial score (nSPS) is 26.5. The third kappa shape index (κ3) is 1.02. The molecular weight excluding hydrogens is 152 g/mol. The van der Waals surface area contributed by atoms with Crippen molar-refractivity contribution in [2.45, 2.75) is 13.0 Å². The van der Waals surface area contributed by atoms with E-state index in [9.17, 15) is 0 Å². The molecule has 1 atom stereocenters. The van der Waals surface area contributed by atoms with Crippen LogP contribution >= 0.6 is 0 Å². The first kappa shape index (κ1) is 7.40. The van der Waals surface area contributed by atoms with Gasteiger partial charge in [-0.3, -0.25) is 9.89 Å². The summed E-state index contributed by atoms with van der Waals surface area (Å²) in [6, 6.07) is 0.376. The van der Waals surface area contributed by atoms with Gasteiger partial charge in [-0.15, -0.1) is 0 Å². The molecule has 2 aliphatic heterocycles. The molecule has 3 heteroatoms. The van der Waals surface area contributed by atoms with E-state index in [1.807, 2.05) is 18.2 Å². The fourth-order valence-electron chi connectivity index (χ4n) is 1.51. The maximum atomic E-state index is 5.21. The topological polar surface area (TPSA) is 24.8 Å². The van der Waals surface area contributed by atoms with Crippen molar-refractivity contribution >= 4 is 5.84 Å². The lowest BCUT2D eigenvalue weighted by molar-refractivity contribution is 0.206. The highest BCUT2D eigenvalue weighted by Crippen LogP contribution is 2.19. The van der Waals surface area contributed by atoms with Crippen LogP contribution in [0, 0.1) is 0 Å². The predicted molar refractivity (Wildman–Crippen MR) is 47.8 cm³/mol. The van der Waals surface area contributed by atoms with Gasteiger partial charge in [-0.2, -0.15) is 0 Å². The van der Waals surface area contributed by atoms with Gasteiger partial charge in [0.1, 0.15) is 5.84 Å². The first-order chi connectivity index (χ1) is 5.81. The van der Waals surface area contributed by atoms with Gasteiger partial charge in [0, 0.05) is 6.54 Å². The zero-order valence-corrected chi connectivity index (χ0v) is 7.32. The molecule has 0 saturated heterocycles. The molecule has 0 N–H and O–H groups in total. The van der Waals surface area contributed by atoms with E-state index < -0.39 is 0 Å². The van der Waals surface area contributed by atoms with Gasteiger partial charge in [-0.25, -0.2) is 0 Å². The summed E-state index contributed by atoms with van der Waals surface area (Å²) in [5.41, 5.74) is 0. The van der Waals surface area contributed by atoms with E-state index in [1.165, 1.54) is 0 Å². The van der Waals surface area contributed by atoms with Gasteiger partial charge in [0.2, 0.25) is 0 Å². The number of ether oxygens (including phenoxy) is 1. The maximum Gasteiger partial charge on any atom is 0.194 e. The summed E-state index contributed by atoms with van der Waals surface area (Å²) in [5, 5.41) is 0. The molecule has 0 aromatic rings. The molecule has 2 aliphatic rings. The van der Waals surface area contributed by atoms with Crippen molar-refractivity contribution < 1.29 is 4.74 Å². The summed E-state index contributed by atoms with van der Waals surface area (Å²) in [5.74, 6) is 1.91. The highest BCUT2D eigenvalue weighted by Gasteiger charge is 2.25. The lowest BCUT2D eigenvalue weighted by atomic mass is 10.3. The van der Waals surface area contributed by atoms with Crippen molar-refractivity contribution in [2.75, 3.05) is 13.7 Å². The molecule has 12 heavy (non-hydrogen) atoms. The third-order valence-corrected chi connectivity index (χ3v) is 2.04. The molecule has 0 unspecified atom stereocenters. The molecule has 64 valence electrons. The van der Waals surface area contributed by atoms with Gasteiger partial charge in [0.25, 0.3) is 0 Å². The van der Waals surface area contributed by atoms with Crippen molar-refractivity contribution in [1.82, 2.24) is 4.90 Å². The number of aliphatic imine (C=N–C) groups is 1. The van der Waals surface area contributed by atoms with Crippen molar-refractivity contribution in [3.8, 4) is 0 Å². The van der Waals surface area contributed by atoms with Crippen LogP contribution in [0.3, 0.4) is 0 Å². The fourth-order valence-corrected chi connectivity index (χ4v) is 1.51. The fraction of sp³-hybridized carbons (Fsp3) is 0.444. The SMILES string of the molecule is COC1=CC=CC2=N[C@H](C)CN12. The Kier molecular flexibility index (Phi) is 1.64. The lowest BCUT2D eigenvalue weighted by Gasteiger charge is -2.22. The Morgan fingerprint density at radius 1 is 1.67 bits per heavy atom. The number of fused-ring (bicyclic) bond motifs is 1. The number of hydrogen-bond donors (Lipinski definition) is 0. The van der Waals surface area contributed by atoms with E-state index in [0.717, 1.165) is 18.3 Å². The van der Waals surface area contributed by atoms with Gasteiger partial charge in [0.15, 0.2) is 5.88 Å². The molecule has 0 bridgehead atoms. The minimum absolute atomic E-state index is 0.376. The monoisotopic (exact) mass is 164 g/mol. The maximum absolute atomic E-state index is 5.21. The van der Waals surface area contributed by atoms with Crippen LogP contribution in [0.15, 0.2) is 29.1 Å². The van der Waals surface area contributed by atoms with Crippen molar-refractivity contribution in [3.63, 3.8) is 0 Å². The summed E-state index contributed by atoms with van der Waals surface area (Å²) in [6.45, 7) is 3.03. The Morgan fingerprint density at radius 3 is 3.25 bits per heavy atom. The minimum atomic E-state index is 0.376. The number of allylic oxidation sites excluding steroid dienone is 2. The highest BCUT2D eigenvalue weighted by molar-refractivity contribution is 5.96. The largest absolute Gasteiger partial charge is 0.482 e. The second-order valence-corrected chi connectivity index (χ2v) is 3.02. The van der Waals surface area contributed by atoms with E-state index in [-0.39, 0.29) is 0 Å². The Balaban J connectivity index is 2.28. The Hall–Kier alpha value is -1.25. The van der Waals surface area contributed by atoms with Gasteiger partial charge >= 0.3 is 0 Å². The molecule has 0 radical (unpaired) electrons. The standard InChI is InChI=1S/C9H12N2O/c1-7-6-11-8(10-7)4-3-5-9(11)12-2/h3-5,7H,6H2,1-2H3/t7-/m1/s1. The van der Waals surface area contributed by atoms with Crippen LogP contribution < -0.4 is 0 Å². The number of nitrogens with zero attached hydrogens (tertiary/aromatic N) is 2. The minimum Gasteiger partial charge on any atom is -0.482 e.